The Balaban J connectivity index is 1.56. The van der Waals surface area contributed by atoms with Crippen molar-refractivity contribution in [2.24, 2.45) is 22.9 Å². The van der Waals surface area contributed by atoms with Crippen LogP contribution in [0.25, 0.3) is 0 Å². The summed E-state index contributed by atoms with van der Waals surface area (Å²) in [4.78, 5) is 32.8. The second-order valence-electron chi connectivity index (χ2n) is 16.2. The number of amides is 1. The number of rotatable bonds is 21. The fraction of sp³-hybridized carbons (Fsp3) is 0.500. The van der Waals surface area contributed by atoms with Gasteiger partial charge in [-0.25, -0.2) is 4.79 Å². The van der Waals surface area contributed by atoms with Crippen molar-refractivity contribution in [1.82, 2.24) is 4.90 Å². The Kier molecular flexibility index (Phi) is 15.6. The quantitative estimate of drug-likeness (QED) is 0.0457. The van der Waals surface area contributed by atoms with Crippen LogP contribution in [0.15, 0.2) is 90.1 Å². The van der Waals surface area contributed by atoms with Crippen molar-refractivity contribution in [3.8, 4) is 17.2 Å². The number of oxime groups is 1. The first-order valence-electron chi connectivity index (χ1n) is 21.7. The lowest BCUT2D eigenvalue weighted by Gasteiger charge is -2.59. The number of hydrogen-bond donors (Lipinski definition) is 2. The predicted molar refractivity (Wildman–Crippen MR) is 233 cm³/mol. The number of benzene rings is 3. The summed E-state index contributed by atoms with van der Waals surface area (Å²) < 4.78 is 26.6. The highest BCUT2D eigenvalue weighted by Gasteiger charge is 2.65. The molecule has 0 bridgehead atoms. The first-order valence-corrected chi connectivity index (χ1v) is 21.7. The number of non-ortho nitro benzene ring substituents is 1. The van der Waals surface area contributed by atoms with E-state index in [0.717, 1.165) is 48.1 Å². The molecule has 6 unspecified atom stereocenters. The van der Waals surface area contributed by atoms with Crippen molar-refractivity contribution >= 4 is 17.5 Å². The SMILES string of the molecule is C=CCOC12Oc3ccc(Oc4ccc(C)c(C)c4)cc3C3C(CCCCO)C(CCCCO)C=C(C(=NOCc4ccc([N+](=O)[O-])cc4)CC1N(CCC)C(=O)OCC)C32. The zero-order chi connectivity index (χ0) is 43.5. The minimum Gasteiger partial charge on any atom is -0.459 e. The molecule has 1 amide bonds. The van der Waals surface area contributed by atoms with Gasteiger partial charge in [0.2, 0.25) is 5.79 Å². The van der Waals surface area contributed by atoms with Gasteiger partial charge in [0.05, 0.1) is 29.8 Å². The van der Waals surface area contributed by atoms with E-state index in [9.17, 15) is 25.1 Å². The number of carbonyl (C=O) groups excluding carboxylic acids is 1. The summed E-state index contributed by atoms with van der Waals surface area (Å²) in [5.41, 5.74) is 5.46. The van der Waals surface area contributed by atoms with Crippen molar-refractivity contribution in [3.63, 3.8) is 0 Å². The summed E-state index contributed by atoms with van der Waals surface area (Å²) in [6.07, 6.45) is 8.82. The summed E-state index contributed by atoms with van der Waals surface area (Å²) >= 11 is 0. The molecule has 0 aromatic heterocycles. The number of nitro groups is 1. The van der Waals surface area contributed by atoms with Crippen LogP contribution in [0.3, 0.4) is 0 Å². The zero-order valence-electron chi connectivity index (χ0n) is 35.9. The number of allylic oxidation sites excluding steroid dienone is 1. The molecule has 1 heterocycles. The Morgan fingerprint density at radius 2 is 1.72 bits per heavy atom. The second-order valence-corrected chi connectivity index (χ2v) is 16.2. The third kappa shape index (κ3) is 10.1. The number of nitrogens with zero attached hydrogens (tertiary/aromatic N) is 3. The van der Waals surface area contributed by atoms with E-state index in [2.05, 4.69) is 32.6 Å². The molecular formula is C48H61N3O10. The molecule has 6 atom stereocenters. The Bertz CT molecular complexity index is 2050. The van der Waals surface area contributed by atoms with E-state index in [1.165, 1.54) is 17.7 Å². The number of aliphatic hydroxyl groups excluding tert-OH is 2. The molecule has 3 aromatic rings. The molecule has 61 heavy (non-hydrogen) atoms. The van der Waals surface area contributed by atoms with E-state index in [0.29, 0.717) is 48.6 Å². The first-order chi connectivity index (χ1) is 29.6. The second kappa shape index (κ2) is 21.0. The van der Waals surface area contributed by atoms with E-state index in [1.54, 1.807) is 30.0 Å². The van der Waals surface area contributed by atoms with Gasteiger partial charge >= 0.3 is 6.09 Å². The molecule has 0 saturated heterocycles. The maximum atomic E-state index is 14.1. The number of fused-ring (bicyclic) bond motifs is 2. The Morgan fingerprint density at radius 1 is 1.00 bits per heavy atom. The lowest BCUT2D eigenvalue weighted by Crippen LogP contribution is -2.70. The van der Waals surface area contributed by atoms with Crippen molar-refractivity contribution in [2.75, 3.05) is 33.0 Å². The molecule has 2 N–H and O–H groups in total. The summed E-state index contributed by atoms with van der Waals surface area (Å²) in [7, 11) is 0. The topological polar surface area (TPSA) is 162 Å². The van der Waals surface area contributed by atoms with Gasteiger partial charge < -0.3 is 34.0 Å². The van der Waals surface area contributed by atoms with E-state index >= 15 is 0 Å². The lowest BCUT2D eigenvalue weighted by molar-refractivity contribution is -0.384. The van der Waals surface area contributed by atoms with Gasteiger partial charge in [-0.05, 0) is 129 Å². The largest absolute Gasteiger partial charge is 0.459 e. The summed E-state index contributed by atoms with van der Waals surface area (Å²) in [5.74, 6) is -0.0769. The number of carbonyl (C=O) groups is 1. The maximum Gasteiger partial charge on any atom is 0.410 e. The Morgan fingerprint density at radius 3 is 2.39 bits per heavy atom. The molecule has 13 nitrogen and oxygen atoms in total. The van der Waals surface area contributed by atoms with Crippen LogP contribution in [0, 0.1) is 41.7 Å². The predicted octanol–water partition coefficient (Wildman–Crippen LogP) is 9.71. The molecule has 13 heteroatoms. The van der Waals surface area contributed by atoms with Crippen molar-refractivity contribution < 1.29 is 43.7 Å². The monoisotopic (exact) mass is 839 g/mol. The zero-order valence-corrected chi connectivity index (χ0v) is 35.9. The number of unbranched alkanes of at least 4 members (excludes halogenated alkanes) is 2. The van der Waals surface area contributed by atoms with Crippen LogP contribution >= 0.6 is 0 Å². The van der Waals surface area contributed by atoms with Gasteiger partial charge in [0.15, 0.2) is 0 Å². The third-order valence-corrected chi connectivity index (χ3v) is 12.3. The normalized spacial score (nSPS) is 23.2. The maximum absolute atomic E-state index is 14.1. The highest BCUT2D eigenvalue weighted by atomic mass is 16.7. The van der Waals surface area contributed by atoms with Gasteiger partial charge in [-0.15, -0.1) is 6.58 Å². The van der Waals surface area contributed by atoms with Crippen molar-refractivity contribution in [3.05, 3.63) is 117 Å². The summed E-state index contributed by atoms with van der Waals surface area (Å²) in [5, 5.41) is 36.0. The smallest absolute Gasteiger partial charge is 0.410 e. The van der Waals surface area contributed by atoms with Crippen LogP contribution in [0.5, 0.6) is 17.2 Å². The third-order valence-electron chi connectivity index (χ3n) is 12.3. The Labute approximate surface area is 359 Å². The highest BCUT2D eigenvalue weighted by molar-refractivity contribution is 6.03. The average Bonchev–Trinajstić information content (AvgIpc) is 3.25. The summed E-state index contributed by atoms with van der Waals surface area (Å²) in [6, 6.07) is 17.4. The molecule has 0 spiro atoms. The van der Waals surface area contributed by atoms with Crippen molar-refractivity contribution in [2.45, 2.75) is 103 Å². The van der Waals surface area contributed by atoms with Crippen LogP contribution in [0.1, 0.15) is 93.4 Å². The van der Waals surface area contributed by atoms with Crippen molar-refractivity contribution in [1.29, 1.82) is 0 Å². The Hall–Kier alpha value is -5.24. The van der Waals surface area contributed by atoms with Gasteiger partial charge in [0.1, 0.15) is 29.9 Å². The lowest BCUT2D eigenvalue weighted by atomic mass is 9.55. The fourth-order valence-electron chi connectivity index (χ4n) is 9.35. The molecule has 328 valence electrons. The van der Waals surface area contributed by atoms with E-state index < -0.39 is 28.8 Å². The van der Waals surface area contributed by atoms with Crippen LogP contribution in [-0.4, -0.2) is 76.6 Å². The van der Waals surface area contributed by atoms with Crippen LogP contribution in [-0.2, 0) is 20.9 Å². The van der Waals surface area contributed by atoms with E-state index in [1.807, 2.05) is 37.3 Å². The van der Waals surface area contributed by atoms with Crippen LogP contribution < -0.4 is 9.47 Å². The molecule has 3 aliphatic rings. The fourth-order valence-corrected chi connectivity index (χ4v) is 9.35. The minimum absolute atomic E-state index is 0.0182. The molecular weight excluding hydrogens is 779 g/mol. The molecule has 1 fully saturated rings. The highest BCUT2D eigenvalue weighted by Crippen LogP contribution is 2.62. The standard InChI is InChI=1S/C48H61N3O10/c1-6-23-50(47(54)57-8-3)44-30-42(49-59-31-34-16-18-36(19-17-34)51(55)56)40-28-35(13-9-11-24-52)39(14-10-12-25-53)45-41-29-38(60-37-20-15-32(4)33(5)27-37)21-22-43(41)61-48(44,46(40)45)58-26-7-2/h7,15-22,27-29,35,39,44-46,52-53H,2,6,8-14,23-26,30-31H2,1,3-5H3. The van der Waals surface area contributed by atoms with Gasteiger partial charge in [0, 0.05) is 49.8 Å². The number of hydrogen-bond acceptors (Lipinski definition) is 11. The minimum atomic E-state index is -1.42. The molecule has 1 aliphatic heterocycles. The van der Waals surface area contributed by atoms with Crippen LogP contribution in [0.2, 0.25) is 0 Å². The molecule has 2 aliphatic carbocycles. The van der Waals surface area contributed by atoms with Gasteiger partial charge in [-0.3, -0.25) is 15.0 Å². The number of ether oxygens (including phenoxy) is 4. The molecule has 1 saturated carbocycles. The average molecular weight is 840 g/mol. The van der Waals surface area contributed by atoms with E-state index in [4.69, 9.17) is 28.9 Å². The van der Waals surface area contributed by atoms with E-state index in [-0.39, 0.29) is 62.9 Å². The number of aryl methyl sites for hydroxylation is 2. The van der Waals surface area contributed by atoms with Gasteiger partial charge in [0.25, 0.3) is 5.69 Å². The first kappa shape index (κ1) is 45.3. The summed E-state index contributed by atoms with van der Waals surface area (Å²) in [6.45, 7) is 12.8. The number of aliphatic hydroxyl groups is 2. The van der Waals surface area contributed by atoms with Crippen LogP contribution in [0.4, 0.5) is 10.5 Å². The number of nitro benzene ring substituents is 1. The molecule has 0 radical (unpaired) electrons. The molecule has 6 rings (SSSR count). The molecule has 3 aromatic carbocycles. The van der Waals surface area contributed by atoms with Gasteiger partial charge in [-0.1, -0.05) is 43.1 Å². The van der Waals surface area contributed by atoms with Gasteiger partial charge in [-0.2, -0.15) is 0 Å².